The third-order valence-corrected chi connectivity index (χ3v) is 4.80. The van der Waals surface area contributed by atoms with Gasteiger partial charge in [-0.25, -0.2) is 0 Å². The van der Waals surface area contributed by atoms with Crippen LogP contribution in [0.4, 0.5) is 0 Å². The lowest BCUT2D eigenvalue weighted by Crippen LogP contribution is -2.37. The molecule has 1 saturated carbocycles. The summed E-state index contributed by atoms with van der Waals surface area (Å²) >= 11 is 0. The van der Waals surface area contributed by atoms with Gasteiger partial charge in [0.1, 0.15) is 0 Å². The van der Waals surface area contributed by atoms with E-state index in [1.807, 2.05) is 0 Å². The Hall–Kier alpha value is -0.340. The van der Waals surface area contributed by atoms with Crippen molar-refractivity contribution in [1.29, 1.82) is 0 Å². The first kappa shape index (κ1) is 10.8. The Labute approximate surface area is 98.9 Å². The van der Waals surface area contributed by atoms with Gasteiger partial charge in [0.2, 0.25) is 0 Å². The Bertz CT molecular complexity index is 274. The van der Waals surface area contributed by atoms with Gasteiger partial charge in [-0.1, -0.05) is 25.0 Å². The van der Waals surface area contributed by atoms with Gasteiger partial charge in [0.05, 0.1) is 0 Å². The van der Waals surface area contributed by atoms with Gasteiger partial charge in [-0.2, -0.15) is 0 Å². The van der Waals surface area contributed by atoms with Crippen LogP contribution in [0, 0.1) is 11.8 Å². The van der Waals surface area contributed by atoms with Crippen LogP contribution >= 0.6 is 0 Å². The van der Waals surface area contributed by atoms with Gasteiger partial charge in [-0.15, -0.1) is 0 Å². The molecule has 16 heavy (non-hydrogen) atoms. The maximum atomic E-state index is 5.93. The molecule has 0 aromatic heterocycles. The Morgan fingerprint density at radius 3 is 2.81 bits per heavy atom. The minimum atomic E-state index is 0.328. The highest BCUT2D eigenvalue weighted by Crippen LogP contribution is 2.37. The first-order valence-electron chi connectivity index (χ1n) is 7.01. The Morgan fingerprint density at radius 2 is 2.00 bits per heavy atom. The first-order valence-corrected chi connectivity index (χ1v) is 7.01. The molecule has 2 nitrogen and oxygen atoms in total. The SMILES string of the molecule is NC1C=CC(CN2CCC3CCCCC32)C1. The van der Waals surface area contributed by atoms with Crippen molar-refractivity contribution in [3.8, 4) is 0 Å². The van der Waals surface area contributed by atoms with Gasteiger partial charge < -0.3 is 5.73 Å². The fraction of sp³-hybridized carbons (Fsp3) is 0.857. The molecule has 0 aromatic carbocycles. The summed E-state index contributed by atoms with van der Waals surface area (Å²) < 4.78 is 0. The lowest BCUT2D eigenvalue weighted by Gasteiger charge is -2.33. The summed E-state index contributed by atoms with van der Waals surface area (Å²) in [5.74, 6) is 1.75. The number of likely N-dealkylation sites (tertiary alicyclic amines) is 1. The summed E-state index contributed by atoms with van der Waals surface area (Å²) in [4.78, 5) is 2.76. The minimum Gasteiger partial charge on any atom is -0.324 e. The van der Waals surface area contributed by atoms with Crippen molar-refractivity contribution < 1.29 is 0 Å². The number of fused-ring (bicyclic) bond motifs is 1. The molecule has 90 valence electrons. The molecule has 1 saturated heterocycles. The van der Waals surface area contributed by atoms with E-state index in [0.29, 0.717) is 6.04 Å². The summed E-state index contributed by atoms with van der Waals surface area (Å²) in [6, 6.07) is 1.24. The lowest BCUT2D eigenvalue weighted by atomic mass is 9.85. The fourth-order valence-corrected chi connectivity index (χ4v) is 3.97. The number of hydrogen-bond donors (Lipinski definition) is 1. The number of nitrogens with two attached hydrogens (primary N) is 1. The summed E-state index contributed by atoms with van der Waals surface area (Å²) in [5, 5.41) is 0. The Balaban J connectivity index is 1.57. The van der Waals surface area contributed by atoms with Crippen molar-refractivity contribution in [2.75, 3.05) is 13.1 Å². The van der Waals surface area contributed by atoms with E-state index in [2.05, 4.69) is 17.1 Å². The van der Waals surface area contributed by atoms with E-state index < -0.39 is 0 Å². The molecule has 2 N–H and O–H groups in total. The molecule has 3 rings (SSSR count). The topological polar surface area (TPSA) is 29.3 Å². The zero-order valence-electron chi connectivity index (χ0n) is 10.1. The molecule has 2 fully saturated rings. The van der Waals surface area contributed by atoms with Gasteiger partial charge in [-0.05, 0) is 44.1 Å². The maximum Gasteiger partial charge on any atom is 0.0229 e. The fourth-order valence-electron chi connectivity index (χ4n) is 3.97. The highest BCUT2D eigenvalue weighted by Gasteiger charge is 2.36. The predicted octanol–water partition coefficient (Wildman–Crippen LogP) is 2.15. The standard InChI is InChI=1S/C14H24N2/c15-13-6-5-11(9-13)10-16-8-7-12-3-1-2-4-14(12)16/h5-6,11-14H,1-4,7-10,15H2. The smallest absolute Gasteiger partial charge is 0.0229 e. The molecule has 0 radical (unpaired) electrons. The molecule has 3 aliphatic rings. The van der Waals surface area contributed by atoms with E-state index in [9.17, 15) is 0 Å². The van der Waals surface area contributed by atoms with E-state index >= 15 is 0 Å². The molecule has 1 aliphatic heterocycles. The molecule has 0 amide bonds. The van der Waals surface area contributed by atoms with Crippen molar-refractivity contribution in [2.45, 2.75) is 50.6 Å². The van der Waals surface area contributed by atoms with Crippen LogP contribution in [-0.4, -0.2) is 30.1 Å². The maximum absolute atomic E-state index is 5.93. The van der Waals surface area contributed by atoms with E-state index in [4.69, 9.17) is 5.73 Å². The normalized spacial score (nSPS) is 43.8. The molecule has 4 unspecified atom stereocenters. The van der Waals surface area contributed by atoms with E-state index in [1.165, 1.54) is 51.6 Å². The van der Waals surface area contributed by atoms with Crippen LogP contribution in [0.5, 0.6) is 0 Å². The van der Waals surface area contributed by atoms with Gasteiger partial charge in [0.15, 0.2) is 0 Å². The molecule has 0 aromatic rings. The summed E-state index contributed by atoms with van der Waals surface area (Å²) in [6.45, 7) is 2.61. The third kappa shape index (κ3) is 2.05. The summed E-state index contributed by atoms with van der Waals surface area (Å²) in [7, 11) is 0. The van der Waals surface area contributed by atoms with Crippen LogP contribution in [0.2, 0.25) is 0 Å². The second kappa shape index (κ2) is 4.50. The quantitative estimate of drug-likeness (QED) is 0.723. The highest BCUT2D eigenvalue weighted by atomic mass is 15.2. The number of rotatable bonds is 2. The van der Waals surface area contributed by atoms with Crippen LogP contribution in [0.3, 0.4) is 0 Å². The molecule has 0 spiro atoms. The van der Waals surface area contributed by atoms with Crippen molar-refractivity contribution in [2.24, 2.45) is 17.6 Å². The minimum absolute atomic E-state index is 0.328. The Kier molecular flexibility index (Phi) is 3.03. The monoisotopic (exact) mass is 220 g/mol. The zero-order valence-corrected chi connectivity index (χ0v) is 10.1. The molecular formula is C14H24N2. The number of hydrogen-bond acceptors (Lipinski definition) is 2. The third-order valence-electron chi connectivity index (χ3n) is 4.80. The van der Waals surface area contributed by atoms with E-state index in [1.54, 1.807) is 0 Å². The summed E-state index contributed by atoms with van der Waals surface area (Å²) in [5.41, 5.74) is 5.93. The number of nitrogens with zero attached hydrogens (tertiary/aromatic N) is 1. The second-order valence-corrected chi connectivity index (χ2v) is 5.94. The zero-order chi connectivity index (χ0) is 11.0. The van der Waals surface area contributed by atoms with Gasteiger partial charge in [-0.3, -0.25) is 4.90 Å². The molecule has 2 heteroatoms. The van der Waals surface area contributed by atoms with Crippen LogP contribution in [0.25, 0.3) is 0 Å². The first-order chi connectivity index (χ1) is 7.83. The van der Waals surface area contributed by atoms with Crippen molar-refractivity contribution in [3.05, 3.63) is 12.2 Å². The Morgan fingerprint density at radius 1 is 1.12 bits per heavy atom. The molecule has 4 atom stereocenters. The van der Waals surface area contributed by atoms with E-state index in [0.717, 1.165) is 17.9 Å². The van der Waals surface area contributed by atoms with Crippen LogP contribution in [0.15, 0.2) is 12.2 Å². The average Bonchev–Trinajstić information content (AvgIpc) is 2.87. The van der Waals surface area contributed by atoms with Crippen molar-refractivity contribution >= 4 is 0 Å². The van der Waals surface area contributed by atoms with Gasteiger partial charge in [0, 0.05) is 18.6 Å². The van der Waals surface area contributed by atoms with Gasteiger partial charge >= 0.3 is 0 Å². The molecule has 2 aliphatic carbocycles. The summed E-state index contributed by atoms with van der Waals surface area (Å²) in [6.07, 6.45) is 13.0. The lowest BCUT2D eigenvalue weighted by molar-refractivity contribution is 0.168. The van der Waals surface area contributed by atoms with Crippen molar-refractivity contribution in [1.82, 2.24) is 4.90 Å². The molecular weight excluding hydrogens is 196 g/mol. The largest absolute Gasteiger partial charge is 0.324 e. The van der Waals surface area contributed by atoms with Crippen LogP contribution in [0.1, 0.15) is 38.5 Å². The predicted molar refractivity (Wildman–Crippen MR) is 67.2 cm³/mol. The second-order valence-electron chi connectivity index (χ2n) is 5.94. The van der Waals surface area contributed by atoms with Gasteiger partial charge in [0.25, 0.3) is 0 Å². The average molecular weight is 220 g/mol. The van der Waals surface area contributed by atoms with E-state index in [-0.39, 0.29) is 0 Å². The van der Waals surface area contributed by atoms with Crippen molar-refractivity contribution in [3.63, 3.8) is 0 Å². The molecule has 1 heterocycles. The molecule has 0 bridgehead atoms. The van der Waals surface area contributed by atoms with Crippen LogP contribution < -0.4 is 5.73 Å². The highest BCUT2D eigenvalue weighted by molar-refractivity contribution is 5.06. The van der Waals surface area contributed by atoms with Crippen LogP contribution in [-0.2, 0) is 0 Å².